The minimum absolute atomic E-state index is 0.0702. The smallest absolute Gasteiger partial charge is 0.226 e. The molecule has 1 amide bonds. The Morgan fingerprint density at radius 1 is 1.17 bits per heavy atom. The van der Waals surface area contributed by atoms with E-state index in [-0.39, 0.29) is 6.04 Å². The van der Waals surface area contributed by atoms with Crippen LogP contribution >= 0.6 is 0 Å². The lowest BCUT2D eigenvalue weighted by atomic mass is 10.0. The summed E-state index contributed by atoms with van der Waals surface area (Å²) in [6, 6.07) is 7.89. The fourth-order valence-corrected chi connectivity index (χ4v) is 5.76. The van der Waals surface area contributed by atoms with Gasteiger partial charge in [-0.05, 0) is 67.6 Å². The fraction of sp³-hybridized carbons (Fsp3) is 0.632. The molecular formula is C19H25NO2S. The Balaban J connectivity index is 1.45. The molecule has 0 heterocycles. The number of carbonyl (C=O) groups is 1. The molecule has 3 nitrogen and oxygen atoms in total. The highest BCUT2D eigenvalue weighted by molar-refractivity contribution is 7.84. The topological polar surface area (TPSA) is 37.4 Å². The number of nitrogens with zero attached hydrogens (tertiary/aromatic N) is 1. The van der Waals surface area contributed by atoms with E-state index in [0.29, 0.717) is 23.7 Å². The van der Waals surface area contributed by atoms with E-state index in [4.69, 9.17) is 0 Å². The third kappa shape index (κ3) is 2.37. The zero-order valence-electron chi connectivity index (χ0n) is 14.1. The summed E-state index contributed by atoms with van der Waals surface area (Å²) in [4.78, 5) is 15.7. The highest BCUT2D eigenvalue weighted by atomic mass is 32.2. The zero-order chi connectivity index (χ0) is 16.3. The van der Waals surface area contributed by atoms with Crippen LogP contribution in [0.15, 0.2) is 29.2 Å². The van der Waals surface area contributed by atoms with Crippen molar-refractivity contribution in [1.82, 2.24) is 4.90 Å². The maximum atomic E-state index is 12.9. The van der Waals surface area contributed by atoms with Crippen molar-refractivity contribution in [3.8, 4) is 0 Å². The Labute approximate surface area is 140 Å². The molecule has 1 aromatic carbocycles. The van der Waals surface area contributed by atoms with Crippen molar-refractivity contribution in [3.05, 3.63) is 29.8 Å². The molecule has 4 rings (SSSR count). The predicted molar refractivity (Wildman–Crippen MR) is 91.3 cm³/mol. The van der Waals surface area contributed by atoms with Crippen molar-refractivity contribution in [1.29, 1.82) is 0 Å². The van der Waals surface area contributed by atoms with Gasteiger partial charge < -0.3 is 4.90 Å². The molecule has 3 aliphatic carbocycles. The molecule has 0 N–H and O–H groups in total. The van der Waals surface area contributed by atoms with Gasteiger partial charge in [0.05, 0.1) is 6.04 Å². The molecule has 0 radical (unpaired) electrons. The third-order valence-electron chi connectivity index (χ3n) is 6.64. The van der Waals surface area contributed by atoms with E-state index in [9.17, 15) is 9.00 Å². The Kier molecular flexibility index (Phi) is 3.63. The second-order valence-electron chi connectivity index (χ2n) is 7.66. The zero-order valence-corrected chi connectivity index (χ0v) is 14.9. The van der Waals surface area contributed by atoms with E-state index >= 15 is 0 Å². The average molecular weight is 331 g/mol. The van der Waals surface area contributed by atoms with Crippen molar-refractivity contribution in [2.45, 2.75) is 37.1 Å². The SMILES string of the molecule is C[C@H](c1ccc([S@](C)=O)cc1)N(C)C(=O)C1[C@H]2[C@H]3CC[C@@H](C3)[C@H]12. The molecule has 0 saturated heterocycles. The molecule has 23 heavy (non-hydrogen) atoms. The van der Waals surface area contributed by atoms with E-state index in [0.717, 1.165) is 22.3 Å². The largest absolute Gasteiger partial charge is 0.339 e. The summed E-state index contributed by atoms with van der Waals surface area (Å²) in [7, 11) is 0.987. The van der Waals surface area contributed by atoms with Crippen LogP contribution in [0, 0.1) is 29.6 Å². The summed E-state index contributed by atoms with van der Waals surface area (Å²) in [5.41, 5.74) is 1.11. The van der Waals surface area contributed by atoms with Crippen LogP contribution in [0.1, 0.15) is 37.8 Å². The van der Waals surface area contributed by atoms with Crippen LogP contribution in [0.4, 0.5) is 0 Å². The lowest BCUT2D eigenvalue weighted by Crippen LogP contribution is -2.32. The highest BCUT2D eigenvalue weighted by Crippen LogP contribution is 2.69. The molecule has 124 valence electrons. The quantitative estimate of drug-likeness (QED) is 0.849. The molecule has 2 bridgehead atoms. The first-order valence-corrected chi connectivity index (χ1v) is 10.2. The molecule has 1 aromatic rings. The Bertz CT molecular complexity index is 640. The molecule has 0 aliphatic heterocycles. The van der Waals surface area contributed by atoms with Gasteiger partial charge in [0.15, 0.2) is 0 Å². The van der Waals surface area contributed by atoms with E-state index in [1.807, 2.05) is 36.2 Å². The number of carbonyl (C=O) groups excluding carboxylic acids is 1. The molecule has 0 aromatic heterocycles. The van der Waals surface area contributed by atoms with Gasteiger partial charge >= 0.3 is 0 Å². The minimum atomic E-state index is -0.952. The summed E-state index contributed by atoms with van der Waals surface area (Å²) < 4.78 is 11.5. The highest BCUT2D eigenvalue weighted by Gasteiger charge is 2.67. The second kappa shape index (κ2) is 5.44. The van der Waals surface area contributed by atoms with Crippen molar-refractivity contribution in [3.63, 3.8) is 0 Å². The molecule has 6 atom stereocenters. The molecular weight excluding hydrogens is 306 g/mol. The number of rotatable bonds is 4. The number of hydrogen-bond donors (Lipinski definition) is 0. The first kappa shape index (κ1) is 15.4. The summed E-state index contributed by atoms with van der Waals surface area (Å²) in [5.74, 6) is 3.70. The van der Waals surface area contributed by atoms with E-state index in [2.05, 4.69) is 6.92 Å². The monoisotopic (exact) mass is 331 g/mol. The number of hydrogen-bond acceptors (Lipinski definition) is 2. The lowest BCUT2D eigenvalue weighted by Gasteiger charge is -2.26. The Morgan fingerprint density at radius 3 is 2.26 bits per heavy atom. The van der Waals surface area contributed by atoms with Crippen molar-refractivity contribution < 1.29 is 9.00 Å². The van der Waals surface area contributed by atoms with Gasteiger partial charge in [-0.2, -0.15) is 0 Å². The maximum Gasteiger partial charge on any atom is 0.226 e. The molecule has 3 fully saturated rings. The fourth-order valence-electron chi connectivity index (χ4n) is 5.24. The van der Waals surface area contributed by atoms with Gasteiger partial charge in [0.25, 0.3) is 0 Å². The van der Waals surface area contributed by atoms with Gasteiger partial charge in [0.1, 0.15) is 0 Å². The van der Waals surface area contributed by atoms with Crippen molar-refractivity contribution in [2.75, 3.05) is 13.3 Å². The minimum Gasteiger partial charge on any atom is -0.339 e. The maximum absolute atomic E-state index is 12.9. The third-order valence-corrected chi connectivity index (χ3v) is 7.58. The average Bonchev–Trinajstić information content (AvgIpc) is 2.99. The van der Waals surface area contributed by atoms with Crippen LogP contribution in [0.3, 0.4) is 0 Å². The normalized spacial score (nSPS) is 36.4. The number of benzene rings is 1. The molecule has 0 unspecified atom stereocenters. The van der Waals surface area contributed by atoms with Gasteiger partial charge in [0, 0.05) is 34.9 Å². The van der Waals surface area contributed by atoms with E-state index in [1.54, 1.807) is 6.26 Å². The summed E-state index contributed by atoms with van der Waals surface area (Å²) in [5, 5.41) is 0. The summed E-state index contributed by atoms with van der Waals surface area (Å²) in [6.07, 6.45) is 5.78. The number of fused-ring (bicyclic) bond motifs is 5. The Morgan fingerprint density at radius 2 is 1.74 bits per heavy atom. The van der Waals surface area contributed by atoms with Crippen LogP contribution in [0.5, 0.6) is 0 Å². The van der Waals surface area contributed by atoms with Gasteiger partial charge in [-0.25, -0.2) is 0 Å². The van der Waals surface area contributed by atoms with Crippen LogP contribution in [-0.2, 0) is 15.6 Å². The van der Waals surface area contributed by atoms with Crippen molar-refractivity contribution >= 4 is 16.7 Å². The lowest BCUT2D eigenvalue weighted by molar-refractivity contribution is -0.134. The summed E-state index contributed by atoms with van der Waals surface area (Å²) >= 11 is 0. The predicted octanol–water partition coefficient (Wildman–Crippen LogP) is 3.24. The van der Waals surface area contributed by atoms with Gasteiger partial charge in [-0.15, -0.1) is 0 Å². The van der Waals surface area contributed by atoms with Crippen LogP contribution in [-0.4, -0.2) is 28.3 Å². The Hall–Kier alpha value is -1.16. The molecule has 4 heteroatoms. The van der Waals surface area contributed by atoms with Crippen LogP contribution < -0.4 is 0 Å². The van der Waals surface area contributed by atoms with E-state index < -0.39 is 10.8 Å². The first-order chi connectivity index (χ1) is 11.0. The van der Waals surface area contributed by atoms with E-state index in [1.165, 1.54) is 19.3 Å². The van der Waals surface area contributed by atoms with Crippen LogP contribution in [0.2, 0.25) is 0 Å². The second-order valence-corrected chi connectivity index (χ2v) is 9.04. The molecule has 3 saturated carbocycles. The van der Waals surface area contributed by atoms with Gasteiger partial charge in [-0.3, -0.25) is 9.00 Å². The molecule has 3 aliphatic rings. The standard InChI is InChI=1S/C19H25NO2S/c1-11(12-6-8-15(9-7-12)23(3)22)20(2)19(21)18-16-13-4-5-14(10-13)17(16)18/h6-9,11,13-14,16-18H,4-5,10H2,1-3H3/t11-,13+,14+,16+,17+,23+/m1/s1. The van der Waals surface area contributed by atoms with Gasteiger partial charge in [0.2, 0.25) is 5.91 Å². The molecule has 0 spiro atoms. The van der Waals surface area contributed by atoms with Crippen molar-refractivity contribution in [2.24, 2.45) is 29.6 Å². The van der Waals surface area contributed by atoms with Crippen LogP contribution in [0.25, 0.3) is 0 Å². The summed E-state index contributed by atoms with van der Waals surface area (Å²) in [6.45, 7) is 2.09. The van der Waals surface area contributed by atoms with Gasteiger partial charge in [-0.1, -0.05) is 12.1 Å². The first-order valence-electron chi connectivity index (χ1n) is 8.69. The number of amides is 1.